The molecule has 190 valence electrons. The Kier molecular flexibility index (Phi) is 8.10. The molecule has 1 fully saturated rings. The molecule has 0 aromatic heterocycles. The number of benzene rings is 3. The fourth-order valence-corrected chi connectivity index (χ4v) is 4.55. The van der Waals surface area contributed by atoms with Crippen LogP contribution in [0.4, 0.5) is 10.1 Å². The summed E-state index contributed by atoms with van der Waals surface area (Å²) in [6.45, 7) is 9.80. The Hall–Kier alpha value is -3.58. The molecule has 1 aliphatic heterocycles. The Bertz CT molecular complexity index is 1170. The first-order valence-corrected chi connectivity index (χ1v) is 12.4. The number of carbonyl (C=O) groups is 1. The molecule has 3 aromatic carbocycles. The summed E-state index contributed by atoms with van der Waals surface area (Å²) in [6, 6.07) is 20.5. The highest BCUT2D eigenvalue weighted by Crippen LogP contribution is 2.25. The van der Waals surface area contributed by atoms with Crippen molar-refractivity contribution in [2.75, 3.05) is 31.1 Å². The van der Waals surface area contributed by atoms with Gasteiger partial charge in [-0.3, -0.25) is 9.69 Å². The van der Waals surface area contributed by atoms with Crippen LogP contribution < -0.4 is 15.0 Å². The van der Waals surface area contributed by atoms with Crippen LogP contribution in [0, 0.1) is 11.7 Å². The molecule has 1 saturated heterocycles. The van der Waals surface area contributed by atoms with E-state index in [4.69, 9.17) is 4.74 Å². The molecule has 6 nitrogen and oxygen atoms in total. The Labute approximate surface area is 212 Å². The Balaban J connectivity index is 1.33. The maximum absolute atomic E-state index is 13.4. The van der Waals surface area contributed by atoms with E-state index in [0.29, 0.717) is 17.1 Å². The van der Waals surface area contributed by atoms with Crippen molar-refractivity contribution in [3.63, 3.8) is 0 Å². The standard InChI is InChI=1S/C29H34FN3O3/c1-20(2)28(19-32-14-15-33(21(3)18-32)24-7-5-8-25(34)17-24)31-29(35)22-10-12-26(13-11-22)36-27-9-4-6-23(30)16-27/h4-13,16-17,20-21,28,34H,14-15,18-19H2,1-3H3,(H,31,35)/t21-,28+/m0/s1. The summed E-state index contributed by atoms with van der Waals surface area (Å²) in [5, 5.41) is 13.0. The van der Waals surface area contributed by atoms with E-state index in [-0.39, 0.29) is 35.5 Å². The van der Waals surface area contributed by atoms with Crippen molar-refractivity contribution >= 4 is 11.6 Å². The van der Waals surface area contributed by atoms with Crippen molar-refractivity contribution in [2.24, 2.45) is 5.92 Å². The number of anilines is 1. The SMILES string of the molecule is CC(C)[C@@H](CN1CCN(c2cccc(O)c2)[C@@H](C)C1)NC(=O)c1ccc(Oc2cccc(F)c2)cc1. The molecule has 1 amide bonds. The van der Waals surface area contributed by atoms with Crippen molar-refractivity contribution in [3.05, 3.63) is 84.2 Å². The van der Waals surface area contributed by atoms with E-state index in [1.165, 1.54) is 12.1 Å². The van der Waals surface area contributed by atoms with Crippen LogP contribution in [0.3, 0.4) is 0 Å². The van der Waals surface area contributed by atoms with Crippen LogP contribution in [0.1, 0.15) is 31.1 Å². The van der Waals surface area contributed by atoms with Crippen LogP contribution in [0.2, 0.25) is 0 Å². The summed E-state index contributed by atoms with van der Waals surface area (Å²) in [4.78, 5) is 17.7. The summed E-state index contributed by atoms with van der Waals surface area (Å²) in [5.74, 6) is 1.000. The minimum Gasteiger partial charge on any atom is -0.508 e. The van der Waals surface area contributed by atoms with Gasteiger partial charge in [-0.05, 0) is 61.4 Å². The van der Waals surface area contributed by atoms with Gasteiger partial charge in [-0.25, -0.2) is 4.39 Å². The molecule has 0 saturated carbocycles. The van der Waals surface area contributed by atoms with Gasteiger partial charge < -0.3 is 20.1 Å². The molecule has 4 rings (SSSR count). The summed E-state index contributed by atoms with van der Waals surface area (Å²) in [5.41, 5.74) is 1.58. The number of hydrogen-bond donors (Lipinski definition) is 2. The van der Waals surface area contributed by atoms with Crippen LogP contribution in [-0.2, 0) is 0 Å². The maximum atomic E-state index is 13.4. The number of nitrogens with one attached hydrogen (secondary N) is 1. The van der Waals surface area contributed by atoms with Crippen molar-refractivity contribution < 1.29 is 19.0 Å². The first-order chi connectivity index (χ1) is 17.3. The third kappa shape index (κ3) is 6.55. The summed E-state index contributed by atoms with van der Waals surface area (Å²) in [7, 11) is 0. The van der Waals surface area contributed by atoms with Gasteiger partial charge in [0.2, 0.25) is 0 Å². The summed E-state index contributed by atoms with van der Waals surface area (Å²) in [6.07, 6.45) is 0. The normalized spacial score (nSPS) is 17.1. The lowest BCUT2D eigenvalue weighted by Crippen LogP contribution is -2.56. The van der Waals surface area contributed by atoms with Crippen molar-refractivity contribution in [1.82, 2.24) is 10.2 Å². The number of hydrogen-bond acceptors (Lipinski definition) is 5. The third-order valence-electron chi connectivity index (χ3n) is 6.60. The summed E-state index contributed by atoms with van der Waals surface area (Å²) < 4.78 is 19.1. The number of phenolic OH excluding ortho intramolecular Hbond substituents is 1. The number of piperazine rings is 1. The molecule has 2 N–H and O–H groups in total. The first kappa shape index (κ1) is 25.5. The molecule has 36 heavy (non-hydrogen) atoms. The van der Waals surface area contributed by atoms with Gasteiger partial charge in [0.15, 0.2) is 0 Å². The van der Waals surface area contributed by atoms with Gasteiger partial charge in [0.05, 0.1) is 0 Å². The maximum Gasteiger partial charge on any atom is 0.251 e. The number of rotatable bonds is 8. The third-order valence-corrected chi connectivity index (χ3v) is 6.60. The number of nitrogens with zero attached hydrogens (tertiary/aromatic N) is 2. The molecule has 7 heteroatoms. The van der Waals surface area contributed by atoms with E-state index in [0.717, 1.165) is 31.9 Å². The molecule has 1 heterocycles. The predicted molar refractivity (Wildman–Crippen MR) is 140 cm³/mol. The van der Waals surface area contributed by atoms with Gasteiger partial charge in [-0.15, -0.1) is 0 Å². The molecular formula is C29H34FN3O3. The average molecular weight is 492 g/mol. The highest BCUT2D eigenvalue weighted by atomic mass is 19.1. The van der Waals surface area contributed by atoms with E-state index in [2.05, 4.69) is 35.9 Å². The van der Waals surface area contributed by atoms with Gasteiger partial charge in [0.25, 0.3) is 5.91 Å². The predicted octanol–water partition coefficient (Wildman–Crippen LogP) is 5.29. The van der Waals surface area contributed by atoms with Gasteiger partial charge >= 0.3 is 0 Å². The Morgan fingerprint density at radius 1 is 1.06 bits per heavy atom. The van der Waals surface area contributed by atoms with E-state index < -0.39 is 0 Å². The molecule has 0 bridgehead atoms. The molecule has 0 aliphatic carbocycles. The van der Waals surface area contributed by atoms with E-state index >= 15 is 0 Å². The monoisotopic (exact) mass is 491 g/mol. The number of aromatic hydroxyl groups is 1. The zero-order chi connectivity index (χ0) is 25.7. The molecule has 0 radical (unpaired) electrons. The number of amides is 1. The highest BCUT2D eigenvalue weighted by molar-refractivity contribution is 5.94. The van der Waals surface area contributed by atoms with Crippen LogP contribution in [0.25, 0.3) is 0 Å². The highest BCUT2D eigenvalue weighted by Gasteiger charge is 2.27. The Morgan fingerprint density at radius 2 is 1.81 bits per heavy atom. The van der Waals surface area contributed by atoms with E-state index in [1.807, 2.05) is 12.1 Å². The second-order valence-corrected chi connectivity index (χ2v) is 9.73. The minimum absolute atomic E-state index is 0.000222. The topological polar surface area (TPSA) is 65.0 Å². The number of phenols is 1. The van der Waals surface area contributed by atoms with E-state index in [1.54, 1.807) is 48.5 Å². The second-order valence-electron chi connectivity index (χ2n) is 9.73. The van der Waals surface area contributed by atoms with Gasteiger partial charge in [-0.1, -0.05) is 26.0 Å². The second kappa shape index (κ2) is 11.4. The summed E-state index contributed by atoms with van der Waals surface area (Å²) >= 11 is 0. The Morgan fingerprint density at radius 3 is 2.47 bits per heavy atom. The zero-order valence-corrected chi connectivity index (χ0v) is 21.0. The quantitative estimate of drug-likeness (QED) is 0.448. The van der Waals surface area contributed by atoms with E-state index in [9.17, 15) is 14.3 Å². The van der Waals surface area contributed by atoms with Gasteiger partial charge in [0, 0.05) is 61.6 Å². The van der Waals surface area contributed by atoms with Crippen LogP contribution in [0.5, 0.6) is 17.2 Å². The smallest absolute Gasteiger partial charge is 0.251 e. The number of ether oxygens (including phenoxy) is 1. The zero-order valence-electron chi connectivity index (χ0n) is 21.0. The molecule has 3 aromatic rings. The molecular weight excluding hydrogens is 457 g/mol. The van der Waals surface area contributed by atoms with Crippen molar-refractivity contribution in [3.8, 4) is 17.2 Å². The van der Waals surface area contributed by atoms with Crippen molar-refractivity contribution in [2.45, 2.75) is 32.9 Å². The van der Waals surface area contributed by atoms with Crippen molar-refractivity contribution in [1.29, 1.82) is 0 Å². The lowest BCUT2D eigenvalue weighted by atomic mass is 10.0. The molecule has 2 atom stereocenters. The average Bonchev–Trinajstić information content (AvgIpc) is 2.84. The minimum atomic E-state index is -0.363. The lowest BCUT2D eigenvalue weighted by molar-refractivity contribution is 0.0903. The molecule has 0 unspecified atom stereocenters. The number of carbonyl (C=O) groups excluding carboxylic acids is 1. The number of halogens is 1. The van der Waals surface area contributed by atoms with Crippen LogP contribution in [-0.4, -0.2) is 54.2 Å². The van der Waals surface area contributed by atoms with Gasteiger partial charge in [0.1, 0.15) is 23.1 Å². The van der Waals surface area contributed by atoms with Gasteiger partial charge in [-0.2, -0.15) is 0 Å². The van der Waals surface area contributed by atoms with Crippen LogP contribution in [0.15, 0.2) is 72.8 Å². The molecule has 1 aliphatic rings. The fraction of sp³-hybridized carbons (Fsp3) is 0.345. The first-order valence-electron chi connectivity index (χ1n) is 12.4. The largest absolute Gasteiger partial charge is 0.508 e. The lowest BCUT2D eigenvalue weighted by Gasteiger charge is -2.42. The molecule has 0 spiro atoms. The fourth-order valence-electron chi connectivity index (χ4n) is 4.55. The van der Waals surface area contributed by atoms with Crippen LogP contribution >= 0.6 is 0 Å².